The molecule has 1 saturated heterocycles. The van der Waals surface area contributed by atoms with Gasteiger partial charge in [-0.3, -0.25) is 14.6 Å². The van der Waals surface area contributed by atoms with Crippen molar-refractivity contribution in [1.29, 1.82) is 0 Å². The Labute approximate surface area is 130 Å². The van der Waals surface area contributed by atoms with E-state index in [2.05, 4.69) is 10.3 Å². The highest BCUT2D eigenvalue weighted by molar-refractivity contribution is 5.83. The molecule has 2 rings (SSSR count). The monoisotopic (exact) mass is 305 g/mol. The fourth-order valence-electron chi connectivity index (χ4n) is 2.57. The second-order valence-electron chi connectivity index (χ2n) is 5.56. The number of amides is 2. The van der Waals surface area contributed by atoms with Crippen molar-refractivity contribution in [2.45, 2.75) is 26.3 Å². The molecule has 6 nitrogen and oxygen atoms in total. The molecule has 0 aromatic carbocycles. The van der Waals surface area contributed by atoms with E-state index < -0.39 is 0 Å². The first-order valence-electron chi connectivity index (χ1n) is 7.57. The number of pyridine rings is 1. The van der Waals surface area contributed by atoms with Crippen LogP contribution in [0.4, 0.5) is 0 Å². The fraction of sp³-hybridized carbons (Fsp3) is 0.562. The van der Waals surface area contributed by atoms with Gasteiger partial charge in [0.2, 0.25) is 11.8 Å². The molecule has 1 aromatic heterocycles. The predicted octanol–water partition coefficient (Wildman–Crippen LogP) is 0.891. The van der Waals surface area contributed by atoms with Gasteiger partial charge in [0.05, 0.1) is 24.8 Å². The molecule has 22 heavy (non-hydrogen) atoms. The zero-order chi connectivity index (χ0) is 15.9. The van der Waals surface area contributed by atoms with Crippen LogP contribution in [0.25, 0.3) is 0 Å². The van der Waals surface area contributed by atoms with Gasteiger partial charge in [-0.1, -0.05) is 6.07 Å². The minimum atomic E-state index is -0.153. The summed E-state index contributed by atoms with van der Waals surface area (Å²) in [6.45, 7) is 3.84. The largest absolute Gasteiger partial charge is 0.383 e. The summed E-state index contributed by atoms with van der Waals surface area (Å²) in [4.78, 5) is 30.2. The van der Waals surface area contributed by atoms with Gasteiger partial charge < -0.3 is 15.0 Å². The smallest absolute Gasteiger partial charge is 0.225 e. The molecule has 1 aliphatic rings. The third-order valence-electron chi connectivity index (χ3n) is 3.83. The lowest BCUT2D eigenvalue weighted by Gasteiger charge is -2.31. The Morgan fingerprint density at radius 3 is 3.05 bits per heavy atom. The summed E-state index contributed by atoms with van der Waals surface area (Å²) in [5.41, 5.74) is 1.78. The number of hydrogen-bond acceptors (Lipinski definition) is 4. The summed E-state index contributed by atoms with van der Waals surface area (Å²) in [5.74, 6) is -0.0703. The van der Waals surface area contributed by atoms with Crippen LogP contribution in [0.3, 0.4) is 0 Å². The Morgan fingerprint density at radius 2 is 2.32 bits per heavy atom. The average molecular weight is 305 g/mol. The molecule has 0 spiro atoms. The van der Waals surface area contributed by atoms with Crippen molar-refractivity contribution in [1.82, 2.24) is 15.2 Å². The summed E-state index contributed by atoms with van der Waals surface area (Å²) >= 11 is 0. The number of likely N-dealkylation sites (tertiary alicyclic amines) is 1. The van der Waals surface area contributed by atoms with Gasteiger partial charge >= 0.3 is 0 Å². The molecule has 2 amide bonds. The number of aromatic nitrogens is 1. The standard InChI is InChI=1S/C16H23N3O3/c1-12-4-3-5-14(18-12)10-17-16(21)13-6-7-15(20)19(11-13)8-9-22-2/h3-5,13H,6-11H2,1-2H3,(H,17,21)/t13-/m1/s1. The van der Waals surface area contributed by atoms with E-state index in [4.69, 9.17) is 4.74 Å². The van der Waals surface area contributed by atoms with E-state index in [1.54, 1.807) is 12.0 Å². The van der Waals surface area contributed by atoms with Crippen LogP contribution in [0.1, 0.15) is 24.2 Å². The van der Waals surface area contributed by atoms with Gasteiger partial charge in [0, 0.05) is 32.3 Å². The lowest BCUT2D eigenvalue weighted by molar-refractivity contribution is -0.138. The zero-order valence-electron chi connectivity index (χ0n) is 13.2. The lowest BCUT2D eigenvalue weighted by atomic mass is 9.96. The number of piperidine rings is 1. The molecular weight excluding hydrogens is 282 g/mol. The van der Waals surface area contributed by atoms with Crippen molar-refractivity contribution in [3.63, 3.8) is 0 Å². The number of ether oxygens (including phenoxy) is 1. The first kappa shape index (κ1) is 16.4. The van der Waals surface area contributed by atoms with Crippen molar-refractivity contribution in [2.75, 3.05) is 26.8 Å². The van der Waals surface area contributed by atoms with Crippen molar-refractivity contribution in [3.05, 3.63) is 29.6 Å². The second kappa shape index (κ2) is 7.89. The van der Waals surface area contributed by atoms with Crippen LogP contribution in [0.15, 0.2) is 18.2 Å². The number of nitrogens with zero attached hydrogens (tertiary/aromatic N) is 2. The summed E-state index contributed by atoms with van der Waals surface area (Å²) < 4.78 is 5.00. The normalized spacial score (nSPS) is 18.4. The van der Waals surface area contributed by atoms with Gasteiger partial charge in [-0.15, -0.1) is 0 Å². The molecule has 2 heterocycles. The molecule has 0 aliphatic carbocycles. The molecule has 0 saturated carbocycles. The first-order chi connectivity index (χ1) is 10.6. The SMILES string of the molecule is COCCN1C[C@H](C(=O)NCc2cccc(C)n2)CCC1=O. The maximum Gasteiger partial charge on any atom is 0.225 e. The van der Waals surface area contributed by atoms with E-state index >= 15 is 0 Å². The van der Waals surface area contributed by atoms with Crippen molar-refractivity contribution in [3.8, 4) is 0 Å². The number of carbonyl (C=O) groups is 2. The minimum absolute atomic E-state index is 0.0155. The second-order valence-corrected chi connectivity index (χ2v) is 5.56. The Bertz CT molecular complexity index is 533. The van der Waals surface area contributed by atoms with Crippen LogP contribution < -0.4 is 5.32 Å². The highest BCUT2D eigenvalue weighted by atomic mass is 16.5. The molecule has 1 aromatic rings. The highest BCUT2D eigenvalue weighted by Gasteiger charge is 2.29. The van der Waals surface area contributed by atoms with Gasteiger partial charge in [0.1, 0.15) is 0 Å². The summed E-state index contributed by atoms with van der Waals surface area (Å²) in [6.07, 6.45) is 1.03. The maximum absolute atomic E-state index is 12.3. The van der Waals surface area contributed by atoms with E-state index in [1.165, 1.54) is 0 Å². The van der Waals surface area contributed by atoms with Gasteiger partial charge in [-0.25, -0.2) is 0 Å². The fourth-order valence-corrected chi connectivity index (χ4v) is 2.57. The molecule has 1 N–H and O–H groups in total. The van der Waals surface area contributed by atoms with E-state index in [0.29, 0.717) is 39.1 Å². The third-order valence-corrected chi connectivity index (χ3v) is 3.83. The van der Waals surface area contributed by atoms with Gasteiger partial charge in [-0.2, -0.15) is 0 Å². The Kier molecular flexibility index (Phi) is 5.89. The number of nitrogens with one attached hydrogen (secondary N) is 1. The lowest BCUT2D eigenvalue weighted by Crippen LogP contribution is -2.46. The molecule has 0 bridgehead atoms. The number of rotatable bonds is 6. The molecule has 6 heteroatoms. The molecule has 120 valence electrons. The van der Waals surface area contributed by atoms with Crippen LogP contribution in [0.5, 0.6) is 0 Å². The van der Waals surface area contributed by atoms with E-state index in [1.807, 2.05) is 25.1 Å². The topological polar surface area (TPSA) is 71.5 Å². The molecule has 1 atom stereocenters. The van der Waals surface area contributed by atoms with Crippen LogP contribution >= 0.6 is 0 Å². The van der Waals surface area contributed by atoms with Crippen molar-refractivity contribution >= 4 is 11.8 Å². The number of aryl methyl sites for hydroxylation is 1. The summed E-state index contributed by atoms with van der Waals surface area (Å²) in [5, 5.41) is 2.92. The Hall–Kier alpha value is -1.95. The van der Waals surface area contributed by atoms with E-state index in [9.17, 15) is 9.59 Å². The Morgan fingerprint density at radius 1 is 1.50 bits per heavy atom. The molecular formula is C16H23N3O3. The number of hydrogen-bond donors (Lipinski definition) is 1. The van der Waals surface area contributed by atoms with Crippen LogP contribution in [-0.2, 0) is 20.9 Å². The van der Waals surface area contributed by atoms with E-state index in [-0.39, 0.29) is 17.7 Å². The first-order valence-corrected chi connectivity index (χ1v) is 7.57. The Balaban J connectivity index is 1.85. The quantitative estimate of drug-likeness (QED) is 0.847. The van der Waals surface area contributed by atoms with Gasteiger partial charge in [0.15, 0.2) is 0 Å². The molecule has 1 aliphatic heterocycles. The van der Waals surface area contributed by atoms with E-state index in [0.717, 1.165) is 11.4 Å². The summed E-state index contributed by atoms with van der Waals surface area (Å²) in [6, 6.07) is 5.74. The highest BCUT2D eigenvalue weighted by Crippen LogP contribution is 2.17. The predicted molar refractivity (Wildman–Crippen MR) is 82.0 cm³/mol. The third kappa shape index (κ3) is 4.53. The van der Waals surface area contributed by atoms with Crippen molar-refractivity contribution < 1.29 is 14.3 Å². The summed E-state index contributed by atoms with van der Waals surface area (Å²) in [7, 11) is 1.60. The zero-order valence-corrected chi connectivity index (χ0v) is 13.2. The van der Waals surface area contributed by atoms with Crippen LogP contribution in [0.2, 0.25) is 0 Å². The number of methoxy groups -OCH3 is 1. The van der Waals surface area contributed by atoms with Gasteiger partial charge in [0.25, 0.3) is 0 Å². The number of carbonyl (C=O) groups excluding carboxylic acids is 2. The molecule has 0 radical (unpaired) electrons. The van der Waals surface area contributed by atoms with Gasteiger partial charge in [-0.05, 0) is 25.5 Å². The molecule has 1 fully saturated rings. The molecule has 0 unspecified atom stereocenters. The van der Waals surface area contributed by atoms with Crippen LogP contribution in [-0.4, -0.2) is 48.5 Å². The van der Waals surface area contributed by atoms with Crippen LogP contribution in [0, 0.1) is 12.8 Å². The average Bonchev–Trinajstić information content (AvgIpc) is 2.52. The maximum atomic E-state index is 12.3. The minimum Gasteiger partial charge on any atom is -0.383 e. The van der Waals surface area contributed by atoms with Crippen molar-refractivity contribution in [2.24, 2.45) is 5.92 Å².